The standard InChI is InChI=1S/C12H11F2N3O/c13-12(14)18-10-3-1-9(2-4-10)17-11-7-8(15)5-6-16-11/h1-7,12H,(H3,15,16,17). The SMILES string of the molecule is Nc1ccnc(Nc2ccc(OC(F)F)cc2)c1. The molecule has 0 amide bonds. The monoisotopic (exact) mass is 251 g/mol. The summed E-state index contributed by atoms with van der Waals surface area (Å²) in [5.74, 6) is 0.689. The van der Waals surface area contributed by atoms with Gasteiger partial charge in [0.1, 0.15) is 11.6 Å². The van der Waals surface area contributed by atoms with E-state index in [4.69, 9.17) is 5.73 Å². The maximum Gasteiger partial charge on any atom is 0.387 e. The van der Waals surface area contributed by atoms with Crippen LogP contribution in [0.3, 0.4) is 0 Å². The van der Waals surface area contributed by atoms with Crippen LogP contribution < -0.4 is 15.8 Å². The highest BCUT2D eigenvalue weighted by Gasteiger charge is 2.03. The topological polar surface area (TPSA) is 60.2 Å². The number of ether oxygens (including phenoxy) is 1. The van der Waals surface area contributed by atoms with Crippen LogP contribution in [-0.2, 0) is 0 Å². The fourth-order valence-electron chi connectivity index (χ4n) is 1.38. The number of pyridine rings is 1. The molecular weight excluding hydrogens is 240 g/mol. The molecule has 1 aromatic heterocycles. The first kappa shape index (κ1) is 12.1. The van der Waals surface area contributed by atoms with Crippen molar-refractivity contribution in [2.24, 2.45) is 0 Å². The minimum Gasteiger partial charge on any atom is -0.435 e. The van der Waals surface area contributed by atoms with Crippen molar-refractivity contribution in [3.63, 3.8) is 0 Å². The Bertz CT molecular complexity index is 517. The van der Waals surface area contributed by atoms with Crippen molar-refractivity contribution in [2.75, 3.05) is 11.1 Å². The summed E-state index contributed by atoms with van der Waals surface area (Å²) in [5.41, 5.74) is 6.90. The molecule has 0 aliphatic rings. The Kier molecular flexibility index (Phi) is 3.57. The van der Waals surface area contributed by atoms with Gasteiger partial charge in [-0.25, -0.2) is 4.98 Å². The predicted molar refractivity (Wildman–Crippen MR) is 65.0 cm³/mol. The first-order chi connectivity index (χ1) is 8.63. The molecule has 0 saturated carbocycles. The van der Waals surface area contributed by atoms with Crippen LogP contribution in [0.2, 0.25) is 0 Å². The molecule has 94 valence electrons. The quantitative estimate of drug-likeness (QED) is 0.876. The van der Waals surface area contributed by atoms with E-state index in [-0.39, 0.29) is 5.75 Å². The van der Waals surface area contributed by atoms with Crippen LogP contribution in [0.25, 0.3) is 0 Å². The molecule has 0 aliphatic heterocycles. The Balaban J connectivity index is 2.06. The third kappa shape index (κ3) is 3.31. The van der Waals surface area contributed by atoms with E-state index in [0.717, 1.165) is 0 Å². The van der Waals surface area contributed by atoms with Gasteiger partial charge in [-0.1, -0.05) is 0 Å². The van der Waals surface area contributed by atoms with Gasteiger partial charge in [0.2, 0.25) is 0 Å². The summed E-state index contributed by atoms with van der Waals surface area (Å²) in [7, 11) is 0. The molecule has 0 radical (unpaired) electrons. The minimum absolute atomic E-state index is 0.107. The van der Waals surface area contributed by atoms with Crippen molar-refractivity contribution in [1.29, 1.82) is 0 Å². The lowest BCUT2D eigenvalue weighted by molar-refractivity contribution is -0.0498. The number of nitrogens with one attached hydrogen (secondary N) is 1. The molecule has 0 saturated heterocycles. The first-order valence-corrected chi connectivity index (χ1v) is 5.17. The van der Waals surface area contributed by atoms with E-state index in [9.17, 15) is 8.78 Å². The van der Waals surface area contributed by atoms with E-state index in [1.165, 1.54) is 12.1 Å². The number of nitrogens with two attached hydrogens (primary N) is 1. The van der Waals surface area contributed by atoms with Gasteiger partial charge < -0.3 is 15.8 Å². The van der Waals surface area contributed by atoms with Crippen LogP contribution in [0.15, 0.2) is 42.6 Å². The van der Waals surface area contributed by atoms with Crippen LogP contribution in [0.4, 0.5) is 26.0 Å². The largest absolute Gasteiger partial charge is 0.435 e. The van der Waals surface area contributed by atoms with Gasteiger partial charge >= 0.3 is 6.61 Å². The maximum atomic E-state index is 12.0. The second kappa shape index (κ2) is 5.31. The normalized spacial score (nSPS) is 10.4. The molecule has 0 fully saturated rings. The Hall–Kier alpha value is -2.37. The van der Waals surface area contributed by atoms with E-state index in [1.807, 2.05) is 0 Å². The van der Waals surface area contributed by atoms with Gasteiger partial charge in [-0.2, -0.15) is 8.78 Å². The summed E-state index contributed by atoms with van der Waals surface area (Å²) in [6.07, 6.45) is 1.58. The van der Waals surface area contributed by atoms with Crippen LogP contribution in [0, 0.1) is 0 Å². The third-order valence-electron chi connectivity index (χ3n) is 2.14. The highest BCUT2D eigenvalue weighted by atomic mass is 19.3. The fourth-order valence-corrected chi connectivity index (χ4v) is 1.38. The van der Waals surface area contributed by atoms with Crippen molar-refractivity contribution in [1.82, 2.24) is 4.98 Å². The van der Waals surface area contributed by atoms with Crippen molar-refractivity contribution >= 4 is 17.2 Å². The van der Waals surface area contributed by atoms with Gasteiger partial charge in [-0.05, 0) is 30.3 Å². The molecule has 18 heavy (non-hydrogen) atoms. The number of rotatable bonds is 4. The van der Waals surface area contributed by atoms with Crippen molar-refractivity contribution in [3.05, 3.63) is 42.6 Å². The number of nitrogen functional groups attached to an aromatic ring is 1. The summed E-state index contributed by atoms with van der Waals surface area (Å²) < 4.78 is 28.1. The lowest BCUT2D eigenvalue weighted by Gasteiger charge is -2.08. The Morgan fingerprint density at radius 2 is 1.89 bits per heavy atom. The van der Waals surface area contributed by atoms with E-state index < -0.39 is 6.61 Å². The molecule has 2 rings (SSSR count). The lowest BCUT2D eigenvalue weighted by atomic mass is 10.3. The highest BCUT2D eigenvalue weighted by molar-refractivity contribution is 5.60. The summed E-state index contributed by atoms with van der Waals surface area (Å²) in [4.78, 5) is 4.06. The molecule has 0 spiro atoms. The maximum absolute atomic E-state index is 12.0. The van der Waals surface area contributed by atoms with Crippen LogP contribution in [0.1, 0.15) is 0 Å². The van der Waals surface area contributed by atoms with Crippen molar-refractivity contribution in [3.8, 4) is 5.75 Å². The second-order valence-corrected chi connectivity index (χ2v) is 3.50. The van der Waals surface area contributed by atoms with Crippen molar-refractivity contribution < 1.29 is 13.5 Å². The molecule has 1 heterocycles. The van der Waals surface area contributed by atoms with Gasteiger partial charge in [0.25, 0.3) is 0 Å². The first-order valence-electron chi connectivity index (χ1n) is 5.17. The van der Waals surface area contributed by atoms with Gasteiger partial charge in [-0.3, -0.25) is 0 Å². The molecule has 3 N–H and O–H groups in total. The van der Waals surface area contributed by atoms with Gasteiger partial charge in [-0.15, -0.1) is 0 Å². The van der Waals surface area contributed by atoms with E-state index in [0.29, 0.717) is 17.2 Å². The number of nitrogens with zero attached hydrogens (tertiary/aromatic N) is 1. The van der Waals surface area contributed by atoms with Crippen LogP contribution >= 0.6 is 0 Å². The molecule has 2 aromatic rings. The van der Waals surface area contributed by atoms with Crippen LogP contribution in [0.5, 0.6) is 5.75 Å². The predicted octanol–water partition coefficient (Wildman–Crippen LogP) is 3.01. The Morgan fingerprint density at radius 1 is 1.17 bits per heavy atom. The number of hydrogen-bond donors (Lipinski definition) is 2. The third-order valence-corrected chi connectivity index (χ3v) is 2.14. The van der Waals surface area contributed by atoms with Crippen molar-refractivity contribution in [2.45, 2.75) is 6.61 Å². The van der Waals surface area contributed by atoms with Gasteiger partial charge in [0.15, 0.2) is 0 Å². The molecular formula is C12H11F2N3O. The second-order valence-electron chi connectivity index (χ2n) is 3.50. The number of alkyl halides is 2. The minimum atomic E-state index is -2.82. The molecule has 0 bridgehead atoms. The number of anilines is 3. The molecule has 0 aliphatic carbocycles. The summed E-state index contributed by atoms with van der Waals surface area (Å²) in [6.45, 7) is -2.82. The molecule has 1 aromatic carbocycles. The van der Waals surface area contributed by atoms with Gasteiger partial charge in [0, 0.05) is 23.6 Å². The van der Waals surface area contributed by atoms with E-state index in [2.05, 4.69) is 15.0 Å². The molecule has 0 unspecified atom stereocenters. The van der Waals surface area contributed by atoms with Gasteiger partial charge in [0.05, 0.1) is 0 Å². The molecule has 6 heteroatoms. The number of benzene rings is 1. The van der Waals surface area contributed by atoms with Crippen LogP contribution in [-0.4, -0.2) is 11.6 Å². The smallest absolute Gasteiger partial charge is 0.387 e. The summed E-state index contributed by atoms with van der Waals surface area (Å²) >= 11 is 0. The summed E-state index contributed by atoms with van der Waals surface area (Å²) in [6, 6.07) is 9.46. The molecule has 0 atom stereocenters. The number of aromatic nitrogens is 1. The number of halogens is 2. The Morgan fingerprint density at radius 3 is 2.50 bits per heavy atom. The zero-order chi connectivity index (χ0) is 13.0. The fraction of sp³-hybridized carbons (Fsp3) is 0.0833. The summed E-state index contributed by atoms with van der Waals surface area (Å²) in [5, 5.41) is 2.99. The highest BCUT2D eigenvalue weighted by Crippen LogP contribution is 2.20. The average Bonchev–Trinajstić information content (AvgIpc) is 2.31. The zero-order valence-electron chi connectivity index (χ0n) is 9.31. The lowest BCUT2D eigenvalue weighted by Crippen LogP contribution is -2.01. The Labute approximate surface area is 102 Å². The van der Waals surface area contributed by atoms with E-state index in [1.54, 1.807) is 30.5 Å². The molecule has 4 nitrogen and oxygen atoms in total. The number of hydrogen-bond acceptors (Lipinski definition) is 4. The average molecular weight is 251 g/mol. The zero-order valence-corrected chi connectivity index (χ0v) is 9.31. The van der Waals surface area contributed by atoms with E-state index >= 15 is 0 Å².